The summed E-state index contributed by atoms with van der Waals surface area (Å²) in [4.78, 5) is 22.4. The van der Waals surface area contributed by atoms with E-state index in [1.165, 1.54) is 11.3 Å². The van der Waals surface area contributed by atoms with Gasteiger partial charge in [0.25, 0.3) is 5.91 Å². The number of piperazine rings is 1. The highest BCUT2D eigenvalue weighted by Gasteiger charge is 2.25. The molecule has 1 aliphatic rings. The molecule has 7 nitrogen and oxygen atoms in total. The van der Waals surface area contributed by atoms with E-state index >= 15 is 0 Å². The van der Waals surface area contributed by atoms with Gasteiger partial charge in [0.1, 0.15) is 5.82 Å². The van der Waals surface area contributed by atoms with E-state index < -0.39 is 0 Å². The molecule has 27 heavy (non-hydrogen) atoms. The second kappa shape index (κ2) is 6.31. The molecule has 1 amide bonds. The Labute approximate surface area is 159 Å². The lowest BCUT2D eigenvalue weighted by Crippen LogP contribution is -2.49. The van der Waals surface area contributed by atoms with Gasteiger partial charge >= 0.3 is 0 Å². The fraction of sp³-hybridized carbons (Fsp3) is 0.263. The van der Waals surface area contributed by atoms with Crippen molar-refractivity contribution in [3.8, 4) is 0 Å². The van der Waals surface area contributed by atoms with Crippen molar-refractivity contribution in [1.82, 2.24) is 24.5 Å². The lowest BCUT2D eigenvalue weighted by atomic mass is 10.2. The molecule has 0 N–H and O–H groups in total. The third-order valence-electron chi connectivity index (χ3n) is 4.97. The van der Waals surface area contributed by atoms with Crippen LogP contribution >= 0.6 is 11.3 Å². The number of carbonyl (C=O) groups is 1. The Hall–Kier alpha value is -3.00. The van der Waals surface area contributed by atoms with Crippen molar-refractivity contribution in [1.29, 1.82) is 0 Å². The first-order valence-corrected chi connectivity index (χ1v) is 9.78. The third-order valence-corrected chi connectivity index (χ3v) is 5.83. The predicted molar refractivity (Wildman–Crippen MR) is 105 cm³/mol. The standard InChI is InChI=1S/C19H18N6OS/c1-13-21-22-17-14-5-2-3-6-15(14)20-19(25(13)17)24-10-8-23(9-11-24)18(26)16-7-4-12-27-16/h2-7,12H,8-11H2,1H3. The Bertz CT molecular complexity index is 1130. The van der Waals surface area contributed by atoms with E-state index in [9.17, 15) is 4.79 Å². The number of hydrogen-bond donors (Lipinski definition) is 0. The third kappa shape index (κ3) is 2.64. The van der Waals surface area contributed by atoms with Crippen LogP contribution in [0.4, 0.5) is 5.95 Å². The number of para-hydroxylation sites is 1. The van der Waals surface area contributed by atoms with E-state index in [2.05, 4.69) is 15.1 Å². The van der Waals surface area contributed by atoms with Crippen molar-refractivity contribution >= 4 is 39.7 Å². The SMILES string of the molecule is Cc1nnc2c3ccccc3nc(N3CCN(C(=O)c4cccs4)CC3)n12. The number of thiophene rings is 1. The maximum Gasteiger partial charge on any atom is 0.264 e. The molecule has 8 heteroatoms. The number of fused-ring (bicyclic) bond motifs is 3. The Morgan fingerprint density at radius 2 is 1.85 bits per heavy atom. The summed E-state index contributed by atoms with van der Waals surface area (Å²) < 4.78 is 2.01. The highest BCUT2D eigenvalue weighted by molar-refractivity contribution is 7.12. The van der Waals surface area contributed by atoms with Crippen molar-refractivity contribution in [2.45, 2.75) is 6.92 Å². The number of rotatable bonds is 2. The molecule has 0 unspecified atom stereocenters. The van der Waals surface area contributed by atoms with Crippen LogP contribution in [0.1, 0.15) is 15.5 Å². The summed E-state index contributed by atoms with van der Waals surface area (Å²) in [6.07, 6.45) is 0. The van der Waals surface area contributed by atoms with Gasteiger partial charge in [-0.2, -0.15) is 0 Å². The van der Waals surface area contributed by atoms with Crippen LogP contribution in [-0.4, -0.2) is 56.6 Å². The van der Waals surface area contributed by atoms with Crippen molar-refractivity contribution in [2.75, 3.05) is 31.1 Å². The molecule has 4 aromatic rings. The first-order chi connectivity index (χ1) is 13.2. The highest BCUT2D eigenvalue weighted by Crippen LogP contribution is 2.25. The first kappa shape index (κ1) is 16.2. The van der Waals surface area contributed by atoms with Crippen LogP contribution in [0.2, 0.25) is 0 Å². The molecule has 0 radical (unpaired) electrons. The lowest BCUT2D eigenvalue weighted by Gasteiger charge is -2.35. The smallest absolute Gasteiger partial charge is 0.264 e. The molecule has 0 aliphatic carbocycles. The summed E-state index contributed by atoms with van der Waals surface area (Å²) in [7, 11) is 0. The summed E-state index contributed by atoms with van der Waals surface area (Å²) in [5, 5.41) is 11.6. The van der Waals surface area contributed by atoms with Crippen LogP contribution in [0.15, 0.2) is 41.8 Å². The van der Waals surface area contributed by atoms with Gasteiger partial charge < -0.3 is 9.80 Å². The molecule has 0 bridgehead atoms. The maximum atomic E-state index is 12.6. The molecule has 0 saturated carbocycles. The number of anilines is 1. The van der Waals surface area contributed by atoms with E-state index in [-0.39, 0.29) is 5.91 Å². The zero-order chi connectivity index (χ0) is 18.4. The second-order valence-electron chi connectivity index (χ2n) is 6.59. The topological polar surface area (TPSA) is 66.6 Å². The lowest BCUT2D eigenvalue weighted by molar-refractivity contribution is 0.0751. The summed E-state index contributed by atoms with van der Waals surface area (Å²) in [6, 6.07) is 11.8. The molecule has 1 fully saturated rings. The van der Waals surface area contributed by atoms with Crippen LogP contribution in [0, 0.1) is 6.92 Å². The van der Waals surface area contributed by atoms with Crippen molar-refractivity contribution in [3.63, 3.8) is 0 Å². The summed E-state index contributed by atoms with van der Waals surface area (Å²) in [5.41, 5.74) is 1.73. The Kier molecular flexibility index (Phi) is 3.78. The quantitative estimate of drug-likeness (QED) is 0.536. The van der Waals surface area contributed by atoms with E-state index in [0.29, 0.717) is 13.1 Å². The highest BCUT2D eigenvalue weighted by atomic mass is 32.1. The molecule has 4 heterocycles. The summed E-state index contributed by atoms with van der Waals surface area (Å²) in [5.74, 6) is 1.77. The van der Waals surface area contributed by atoms with Crippen LogP contribution in [0.5, 0.6) is 0 Å². The minimum atomic E-state index is 0.113. The molecule has 1 aliphatic heterocycles. The minimum absolute atomic E-state index is 0.113. The number of benzene rings is 1. The van der Waals surface area contributed by atoms with Crippen molar-refractivity contribution < 1.29 is 4.79 Å². The molecule has 136 valence electrons. The summed E-state index contributed by atoms with van der Waals surface area (Å²) in [6.45, 7) is 4.75. The van der Waals surface area contributed by atoms with E-state index in [1.807, 2.05) is 58.0 Å². The van der Waals surface area contributed by atoms with Gasteiger partial charge in [-0.05, 0) is 30.5 Å². The molecule has 1 aromatic carbocycles. The fourth-order valence-corrected chi connectivity index (χ4v) is 4.26. The van der Waals surface area contributed by atoms with E-state index in [1.54, 1.807) is 0 Å². The van der Waals surface area contributed by atoms with Crippen LogP contribution in [0.25, 0.3) is 16.6 Å². The second-order valence-corrected chi connectivity index (χ2v) is 7.54. The number of aryl methyl sites for hydroxylation is 1. The molecular formula is C19H18N6OS. The number of aromatic nitrogens is 4. The molecule has 1 saturated heterocycles. The van der Waals surface area contributed by atoms with E-state index in [4.69, 9.17) is 4.98 Å². The van der Waals surface area contributed by atoms with Crippen LogP contribution < -0.4 is 4.90 Å². The number of nitrogens with zero attached hydrogens (tertiary/aromatic N) is 6. The summed E-state index contributed by atoms with van der Waals surface area (Å²) >= 11 is 1.49. The average molecular weight is 378 g/mol. The van der Waals surface area contributed by atoms with Gasteiger partial charge in [-0.15, -0.1) is 21.5 Å². The fourth-order valence-electron chi connectivity index (χ4n) is 3.57. The largest absolute Gasteiger partial charge is 0.338 e. The monoisotopic (exact) mass is 378 g/mol. The number of hydrogen-bond acceptors (Lipinski definition) is 6. The molecule has 3 aromatic heterocycles. The van der Waals surface area contributed by atoms with Gasteiger partial charge in [0, 0.05) is 31.6 Å². The molecular weight excluding hydrogens is 360 g/mol. The van der Waals surface area contributed by atoms with Crippen LogP contribution in [0.3, 0.4) is 0 Å². The van der Waals surface area contributed by atoms with Crippen molar-refractivity contribution in [2.24, 2.45) is 0 Å². The predicted octanol–water partition coefficient (Wildman–Crippen LogP) is 2.61. The van der Waals surface area contributed by atoms with Crippen LogP contribution in [-0.2, 0) is 0 Å². The Morgan fingerprint density at radius 3 is 2.63 bits per heavy atom. The average Bonchev–Trinajstić information content (AvgIpc) is 3.38. The van der Waals surface area contributed by atoms with Gasteiger partial charge in [-0.1, -0.05) is 18.2 Å². The number of amides is 1. The van der Waals surface area contributed by atoms with Gasteiger partial charge in [0.05, 0.1) is 10.4 Å². The first-order valence-electron chi connectivity index (χ1n) is 8.90. The minimum Gasteiger partial charge on any atom is -0.338 e. The van der Waals surface area contributed by atoms with Gasteiger partial charge in [0.15, 0.2) is 5.65 Å². The normalized spacial score (nSPS) is 15.0. The van der Waals surface area contributed by atoms with Gasteiger partial charge in [0.2, 0.25) is 5.95 Å². The Morgan fingerprint density at radius 1 is 1.04 bits per heavy atom. The molecule has 0 spiro atoms. The van der Waals surface area contributed by atoms with Gasteiger partial charge in [-0.25, -0.2) is 9.38 Å². The Balaban J connectivity index is 1.48. The molecule has 0 atom stereocenters. The van der Waals surface area contributed by atoms with E-state index in [0.717, 1.165) is 46.3 Å². The maximum absolute atomic E-state index is 12.6. The zero-order valence-corrected chi connectivity index (χ0v) is 15.7. The van der Waals surface area contributed by atoms with Crippen molar-refractivity contribution in [3.05, 3.63) is 52.5 Å². The van der Waals surface area contributed by atoms with Gasteiger partial charge in [-0.3, -0.25) is 4.79 Å². The zero-order valence-electron chi connectivity index (χ0n) is 14.9. The molecule has 5 rings (SSSR count). The number of carbonyl (C=O) groups excluding carboxylic acids is 1.